The summed E-state index contributed by atoms with van der Waals surface area (Å²) in [5.74, 6) is 0.216. The summed E-state index contributed by atoms with van der Waals surface area (Å²) >= 11 is 6.18. The lowest BCUT2D eigenvalue weighted by Crippen LogP contribution is -2.49. The van der Waals surface area contributed by atoms with Crippen LogP contribution in [0.4, 0.5) is 4.79 Å². The Balaban J connectivity index is 1.51. The molecule has 0 saturated carbocycles. The molecule has 0 radical (unpaired) electrons. The van der Waals surface area contributed by atoms with Crippen LogP contribution < -0.4 is 10.6 Å². The van der Waals surface area contributed by atoms with E-state index in [-0.39, 0.29) is 12.6 Å². The molecule has 6 nitrogen and oxygen atoms in total. The van der Waals surface area contributed by atoms with Crippen LogP contribution in [0, 0.1) is 5.92 Å². The summed E-state index contributed by atoms with van der Waals surface area (Å²) in [4.78, 5) is 27.8. The Morgan fingerprint density at radius 3 is 2.58 bits per heavy atom. The number of halogens is 1. The Morgan fingerprint density at radius 2 is 1.88 bits per heavy atom. The van der Waals surface area contributed by atoms with Crippen LogP contribution >= 0.6 is 11.6 Å². The van der Waals surface area contributed by atoms with Gasteiger partial charge in [-0.2, -0.15) is 0 Å². The van der Waals surface area contributed by atoms with Crippen molar-refractivity contribution in [1.29, 1.82) is 0 Å². The summed E-state index contributed by atoms with van der Waals surface area (Å²) in [5.41, 5.74) is 3.16. The second-order valence-electron chi connectivity index (χ2n) is 8.61. The Morgan fingerprint density at radius 1 is 1.12 bits per heavy atom. The van der Waals surface area contributed by atoms with E-state index in [2.05, 4.69) is 39.8 Å². The van der Waals surface area contributed by atoms with Crippen molar-refractivity contribution in [2.45, 2.75) is 32.2 Å². The van der Waals surface area contributed by atoms with E-state index in [1.165, 1.54) is 5.56 Å². The van der Waals surface area contributed by atoms with E-state index in [0.29, 0.717) is 28.8 Å². The molecule has 0 aliphatic carbocycles. The van der Waals surface area contributed by atoms with Crippen molar-refractivity contribution in [2.24, 2.45) is 5.92 Å². The highest BCUT2D eigenvalue weighted by Crippen LogP contribution is 2.30. The van der Waals surface area contributed by atoms with Gasteiger partial charge in [0, 0.05) is 17.3 Å². The number of ether oxygens (including phenoxy) is 1. The largest absolute Gasteiger partial charge is 0.463 e. The predicted molar refractivity (Wildman–Crippen MR) is 129 cm³/mol. The first kappa shape index (κ1) is 23.3. The number of likely N-dealkylation sites (tertiary alicyclic amines) is 1. The van der Waals surface area contributed by atoms with Crippen molar-refractivity contribution in [3.8, 4) is 0 Å². The molecule has 1 atom stereocenters. The number of nitrogens with zero attached hydrogens (tertiary/aromatic N) is 1. The quantitative estimate of drug-likeness (QED) is 0.589. The molecule has 2 amide bonds. The fourth-order valence-electron chi connectivity index (χ4n) is 4.65. The number of esters is 1. The lowest BCUT2D eigenvalue weighted by atomic mass is 9.89. The van der Waals surface area contributed by atoms with E-state index >= 15 is 0 Å². The summed E-state index contributed by atoms with van der Waals surface area (Å²) < 4.78 is 5.36. The summed E-state index contributed by atoms with van der Waals surface area (Å²) in [6.07, 6.45) is 3.25. The molecule has 0 bridgehead atoms. The maximum absolute atomic E-state index is 13.0. The van der Waals surface area contributed by atoms with Gasteiger partial charge in [-0.05, 0) is 68.5 Å². The maximum atomic E-state index is 13.0. The van der Waals surface area contributed by atoms with Crippen molar-refractivity contribution < 1.29 is 14.3 Å². The van der Waals surface area contributed by atoms with Gasteiger partial charge in [0.25, 0.3) is 0 Å². The minimum atomic E-state index is -0.609. The molecule has 174 valence electrons. The molecular weight excluding hydrogens is 438 g/mol. The highest BCUT2D eigenvalue weighted by Gasteiger charge is 2.34. The Kier molecular flexibility index (Phi) is 7.68. The van der Waals surface area contributed by atoms with E-state index in [1.807, 2.05) is 18.2 Å². The molecule has 2 aromatic carbocycles. The standard InChI is InChI=1S/C26H30ClN3O3/c1-2-33-25(31)23-22(28-26(32)29-24(23)20-9-6-10-21(27)16-20)17-30-13-11-19(12-14-30)15-18-7-4-3-5-8-18/h3-10,16,19,24H,2,11-15,17H2,1H3,(H2,28,29,32). The molecule has 0 aromatic heterocycles. The average Bonchev–Trinajstić information content (AvgIpc) is 2.81. The fraction of sp³-hybridized carbons (Fsp3) is 0.385. The van der Waals surface area contributed by atoms with Crippen LogP contribution in [0.5, 0.6) is 0 Å². The topological polar surface area (TPSA) is 70.7 Å². The number of urea groups is 1. The Hall–Kier alpha value is -2.83. The van der Waals surface area contributed by atoms with E-state index in [0.717, 1.165) is 37.9 Å². The number of nitrogens with one attached hydrogen (secondary N) is 2. The number of piperidine rings is 1. The van der Waals surface area contributed by atoms with Gasteiger partial charge in [-0.15, -0.1) is 0 Å². The third-order valence-corrected chi connectivity index (χ3v) is 6.52. The van der Waals surface area contributed by atoms with Crippen molar-refractivity contribution in [1.82, 2.24) is 15.5 Å². The maximum Gasteiger partial charge on any atom is 0.338 e. The van der Waals surface area contributed by atoms with Crippen molar-refractivity contribution in [3.63, 3.8) is 0 Å². The van der Waals surface area contributed by atoms with Crippen molar-refractivity contribution in [2.75, 3.05) is 26.2 Å². The predicted octanol–water partition coefficient (Wildman–Crippen LogP) is 4.47. The normalized spacial score (nSPS) is 19.7. The lowest BCUT2D eigenvalue weighted by Gasteiger charge is -2.35. The van der Waals surface area contributed by atoms with E-state index in [1.54, 1.807) is 19.1 Å². The number of rotatable bonds is 7. The Labute approximate surface area is 199 Å². The van der Waals surface area contributed by atoms with Gasteiger partial charge in [0.15, 0.2) is 0 Å². The molecule has 1 unspecified atom stereocenters. The number of amides is 2. The SMILES string of the molecule is CCOC(=O)C1=C(CN2CCC(Cc3ccccc3)CC2)NC(=O)NC1c1cccc(Cl)c1. The smallest absolute Gasteiger partial charge is 0.338 e. The molecular formula is C26H30ClN3O3. The second kappa shape index (κ2) is 10.9. The third kappa shape index (κ3) is 5.95. The first-order chi connectivity index (χ1) is 16.0. The third-order valence-electron chi connectivity index (χ3n) is 6.29. The van der Waals surface area contributed by atoms with Crippen LogP contribution in [-0.2, 0) is 16.0 Å². The van der Waals surface area contributed by atoms with Gasteiger partial charge >= 0.3 is 12.0 Å². The molecule has 2 N–H and O–H groups in total. The molecule has 2 aromatic rings. The zero-order valence-electron chi connectivity index (χ0n) is 18.9. The molecule has 1 saturated heterocycles. The van der Waals surface area contributed by atoms with E-state index in [9.17, 15) is 9.59 Å². The van der Waals surface area contributed by atoms with Gasteiger partial charge in [-0.3, -0.25) is 4.90 Å². The molecule has 2 aliphatic rings. The fourth-order valence-corrected chi connectivity index (χ4v) is 4.85. The van der Waals surface area contributed by atoms with Gasteiger partial charge in [-0.25, -0.2) is 9.59 Å². The molecule has 0 spiro atoms. The number of carbonyl (C=O) groups is 2. The Bertz CT molecular complexity index is 1020. The van der Waals surface area contributed by atoms with Crippen molar-refractivity contribution in [3.05, 3.63) is 82.0 Å². The van der Waals surface area contributed by atoms with Crippen LogP contribution in [-0.4, -0.2) is 43.1 Å². The first-order valence-electron chi connectivity index (χ1n) is 11.5. The first-order valence-corrected chi connectivity index (χ1v) is 11.9. The van der Waals surface area contributed by atoms with Crippen LogP contribution in [0.1, 0.15) is 36.9 Å². The highest BCUT2D eigenvalue weighted by molar-refractivity contribution is 6.30. The van der Waals surface area contributed by atoms with Crippen LogP contribution in [0.15, 0.2) is 65.9 Å². The van der Waals surface area contributed by atoms with Crippen molar-refractivity contribution >= 4 is 23.6 Å². The lowest BCUT2D eigenvalue weighted by molar-refractivity contribution is -0.139. The molecule has 2 aliphatic heterocycles. The molecule has 1 fully saturated rings. The molecule has 2 heterocycles. The minimum absolute atomic E-state index is 0.261. The van der Waals surface area contributed by atoms with Crippen LogP contribution in [0.25, 0.3) is 0 Å². The number of hydrogen-bond donors (Lipinski definition) is 2. The van der Waals surface area contributed by atoms with Gasteiger partial charge in [0.2, 0.25) is 0 Å². The minimum Gasteiger partial charge on any atom is -0.463 e. The highest BCUT2D eigenvalue weighted by atomic mass is 35.5. The van der Waals surface area contributed by atoms with Gasteiger partial charge in [0.05, 0.1) is 18.2 Å². The summed E-state index contributed by atoms with van der Waals surface area (Å²) in [6.45, 7) is 4.37. The monoisotopic (exact) mass is 467 g/mol. The van der Waals surface area contributed by atoms with E-state index in [4.69, 9.17) is 16.3 Å². The summed E-state index contributed by atoms with van der Waals surface area (Å²) in [7, 11) is 0. The summed E-state index contributed by atoms with van der Waals surface area (Å²) in [5, 5.41) is 6.28. The van der Waals surface area contributed by atoms with E-state index < -0.39 is 12.0 Å². The summed E-state index contributed by atoms with van der Waals surface area (Å²) in [6, 6.07) is 16.8. The van der Waals surface area contributed by atoms with Crippen LogP contribution in [0.3, 0.4) is 0 Å². The zero-order chi connectivity index (χ0) is 23.2. The van der Waals surface area contributed by atoms with Crippen LogP contribution in [0.2, 0.25) is 5.02 Å². The number of benzene rings is 2. The van der Waals surface area contributed by atoms with Gasteiger partial charge in [0.1, 0.15) is 0 Å². The second-order valence-corrected chi connectivity index (χ2v) is 9.04. The molecule has 33 heavy (non-hydrogen) atoms. The number of carbonyl (C=O) groups excluding carboxylic acids is 2. The molecule has 7 heteroatoms. The van der Waals surface area contributed by atoms with Gasteiger partial charge in [-0.1, -0.05) is 54.1 Å². The number of hydrogen-bond acceptors (Lipinski definition) is 4. The van der Waals surface area contributed by atoms with Gasteiger partial charge < -0.3 is 15.4 Å². The average molecular weight is 468 g/mol. The zero-order valence-corrected chi connectivity index (χ0v) is 19.6. The molecule has 4 rings (SSSR count).